The van der Waals surface area contributed by atoms with Gasteiger partial charge in [-0.1, -0.05) is 63.0 Å². The highest BCUT2D eigenvalue weighted by atomic mass is 35.5. The molecule has 0 N–H and O–H groups in total. The maximum atomic E-state index is 5.72. The summed E-state index contributed by atoms with van der Waals surface area (Å²) in [7, 11) is 1.65. The molecule has 124 valence electrons. The normalized spacial score (nSPS) is 8.23. The molecule has 0 radical (unpaired) electrons. The number of hydrogen-bond acceptors (Lipinski definition) is 1. The number of aryl methyl sites for hydroxylation is 2. The zero-order chi connectivity index (χ0) is 17.5. The Balaban J connectivity index is 0. The molecule has 0 atom stereocenters. The number of benzene rings is 2. The zero-order valence-corrected chi connectivity index (χ0v) is 16.2. The van der Waals surface area contributed by atoms with Crippen LogP contribution in [0.4, 0.5) is 0 Å². The second kappa shape index (κ2) is 14.7. The van der Waals surface area contributed by atoms with E-state index in [9.17, 15) is 0 Å². The van der Waals surface area contributed by atoms with Crippen LogP contribution in [-0.2, 0) is 0 Å². The molecule has 2 aromatic carbocycles. The Hall–Kier alpha value is -1.18. The van der Waals surface area contributed by atoms with Crippen LogP contribution < -0.4 is 4.74 Å². The van der Waals surface area contributed by atoms with Gasteiger partial charge in [-0.15, -0.1) is 0 Å². The summed E-state index contributed by atoms with van der Waals surface area (Å²) in [5.41, 5.74) is 2.27. The maximum Gasteiger partial charge on any atom is 0.121 e. The van der Waals surface area contributed by atoms with E-state index in [1.165, 1.54) is 5.56 Å². The maximum absolute atomic E-state index is 5.72. The van der Waals surface area contributed by atoms with Gasteiger partial charge in [-0.25, -0.2) is 0 Å². The molecule has 22 heavy (non-hydrogen) atoms. The Kier molecular flexibility index (Phi) is 15.5. The van der Waals surface area contributed by atoms with E-state index < -0.39 is 0 Å². The van der Waals surface area contributed by atoms with Crippen molar-refractivity contribution in [3.05, 3.63) is 63.6 Å². The first-order valence-electron chi connectivity index (χ1n) is 7.55. The van der Waals surface area contributed by atoms with E-state index >= 15 is 0 Å². The number of rotatable bonds is 1. The summed E-state index contributed by atoms with van der Waals surface area (Å²) in [6.45, 7) is 12.0. The lowest BCUT2D eigenvalue weighted by molar-refractivity contribution is 0.411. The molecule has 0 aromatic heterocycles. The van der Waals surface area contributed by atoms with Gasteiger partial charge in [-0.2, -0.15) is 0 Å². The molecule has 2 aromatic rings. The molecule has 0 aliphatic carbocycles. The van der Waals surface area contributed by atoms with Crippen molar-refractivity contribution in [3.63, 3.8) is 0 Å². The van der Waals surface area contributed by atoms with Gasteiger partial charge >= 0.3 is 0 Å². The fraction of sp³-hybridized carbons (Fsp3) is 0.368. The average Bonchev–Trinajstić information content (AvgIpc) is 2.52. The highest BCUT2D eigenvalue weighted by Crippen LogP contribution is 2.20. The van der Waals surface area contributed by atoms with Crippen LogP contribution in [-0.4, -0.2) is 7.11 Å². The molecule has 2 rings (SSSR count). The predicted molar refractivity (Wildman–Crippen MR) is 102 cm³/mol. The van der Waals surface area contributed by atoms with Crippen molar-refractivity contribution in [3.8, 4) is 5.75 Å². The Morgan fingerprint density at radius 1 is 0.773 bits per heavy atom. The molecule has 0 amide bonds. The number of hydrogen-bond donors (Lipinski definition) is 0. The second-order valence-corrected chi connectivity index (χ2v) is 4.79. The Morgan fingerprint density at radius 2 is 1.32 bits per heavy atom. The van der Waals surface area contributed by atoms with E-state index in [4.69, 9.17) is 27.9 Å². The fourth-order valence-electron chi connectivity index (χ4n) is 1.45. The third-order valence-electron chi connectivity index (χ3n) is 2.34. The first-order valence-corrected chi connectivity index (χ1v) is 8.31. The minimum absolute atomic E-state index is 0.748. The highest BCUT2D eigenvalue weighted by Gasteiger charge is 1.95. The molecule has 0 unspecified atom stereocenters. The van der Waals surface area contributed by atoms with E-state index in [1.54, 1.807) is 7.11 Å². The highest BCUT2D eigenvalue weighted by molar-refractivity contribution is 6.30. The summed E-state index contributed by atoms with van der Waals surface area (Å²) in [4.78, 5) is 0. The van der Waals surface area contributed by atoms with Gasteiger partial charge in [0.25, 0.3) is 0 Å². The molecule has 0 aliphatic rings. The summed E-state index contributed by atoms with van der Waals surface area (Å²) in [5, 5.41) is 1.56. The third kappa shape index (κ3) is 10.5. The minimum Gasteiger partial charge on any atom is -0.496 e. The summed E-state index contributed by atoms with van der Waals surface area (Å²) in [6, 6.07) is 13.3. The molecule has 0 heterocycles. The summed E-state index contributed by atoms with van der Waals surface area (Å²) >= 11 is 11.4. The quantitative estimate of drug-likeness (QED) is 0.525. The van der Waals surface area contributed by atoms with Crippen molar-refractivity contribution in [2.24, 2.45) is 0 Å². The number of methoxy groups -OCH3 is 1. The lowest BCUT2D eigenvalue weighted by atomic mass is 10.2. The lowest BCUT2D eigenvalue weighted by Gasteiger charge is -2.02. The summed E-state index contributed by atoms with van der Waals surface area (Å²) in [5.74, 6) is 0.879. The van der Waals surface area contributed by atoms with Crippen LogP contribution in [0.3, 0.4) is 0 Å². The zero-order valence-electron chi connectivity index (χ0n) is 14.7. The standard InChI is InChI=1S/C8H9ClO.C7H7Cl.2C2H6/c1-6-5-7(9)3-4-8(6)10-2;1-6-3-2-4-7(8)5-6;2*1-2/h3-5H,1-2H3;2-5H,1H3;2*1-2H3. The summed E-state index contributed by atoms with van der Waals surface area (Å²) < 4.78 is 5.04. The molecular weight excluding hydrogens is 315 g/mol. The van der Waals surface area contributed by atoms with Crippen LogP contribution in [0.15, 0.2) is 42.5 Å². The predicted octanol–water partition coefficient (Wildman–Crippen LogP) is 7.36. The van der Waals surface area contributed by atoms with Crippen LogP contribution in [0.1, 0.15) is 38.8 Å². The first kappa shape index (κ1) is 23.1. The minimum atomic E-state index is 0.748. The van der Waals surface area contributed by atoms with Gasteiger partial charge in [0.05, 0.1) is 7.11 Å². The smallest absolute Gasteiger partial charge is 0.121 e. The van der Waals surface area contributed by atoms with E-state index in [1.807, 2.05) is 84.0 Å². The molecule has 3 heteroatoms. The average molecular weight is 343 g/mol. The molecule has 0 saturated heterocycles. The second-order valence-electron chi connectivity index (χ2n) is 3.91. The molecule has 0 aliphatic heterocycles. The largest absolute Gasteiger partial charge is 0.496 e. The van der Waals surface area contributed by atoms with Gasteiger partial charge in [0.2, 0.25) is 0 Å². The third-order valence-corrected chi connectivity index (χ3v) is 2.81. The topological polar surface area (TPSA) is 9.23 Å². The number of halogens is 2. The van der Waals surface area contributed by atoms with Crippen molar-refractivity contribution in [2.75, 3.05) is 7.11 Å². The number of ether oxygens (including phenoxy) is 1. The molecule has 0 saturated carbocycles. The van der Waals surface area contributed by atoms with Gasteiger partial charge in [0, 0.05) is 10.0 Å². The lowest BCUT2D eigenvalue weighted by Crippen LogP contribution is -1.85. The monoisotopic (exact) mass is 342 g/mol. The van der Waals surface area contributed by atoms with Gasteiger partial charge in [-0.05, 0) is 55.3 Å². The van der Waals surface area contributed by atoms with Crippen LogP contribution in [0, 0.1) is 13.8 Å². The van der Waals surface area contributed by atoms with Crippen molar-refractivity contribution in [2.45, 2.75) is 41.5 Å². The van der Waals surface area contributed by atoms with E-state index in [0.717, 1.165) is 21.4 Å². The van der Waals surface area contributed by atoms with Gasteiger partial charge in [0.15, 0.2) is 0 Å². The summed E-state index contributed by atoms with van der Waals surface area (Å²) in [6.07, 6.45) is 0. The molecule has 0 bridgehead atoms. The Bertz CT molecular complexity index is 493. The van der Waals surface area contributed by atoms with Crippen LogP contribution in [0.2, 0.25) is 10.0 Å². The first-order chi connectivity index (χ1) is 10.5. The van der Waals surface area contributed by atoms with Gasteiger partial charge in [0.1, 0.15) is 5.75 Å². The molecule has 1 nitrogen and oxygen atoms in total. The molecule has 0 fully saturated rings. The van der Waals surface area contributed by atoms with Gasteiger partial charge in [-0.3, -0.25) is 0 Å². The van der Waals surface area contributed by atoms with Crippen LogP contribution in [0.5, 0.6) is 5.75 Å². The fourth-order valence-corrected chi connectivity index (χ4v) is 1.92. The SMILES string of the molecule is CC.CC.COc1ccc(Cl)cc1C.Cc1cccc(Cl)c1. The molecular formula is C19H28Cl2O. The Labute approximate surface area is 146 Å². The van der Waals surface area contributed by atoms with Crippen molar-refractivity contribution in [1.82, 2.24) is 0 Å². The molecule has 0 spiro atoms. The van der Waals surface area contributed by atoms with Crippen molar-refractivity contribution >= 4 is 23.2 Å². The van der Waals surface area contributed by atoms with E-state index in [-0.39, 0.29) is 0 Å². The van der Waals surface area contributed by atoms with Crippen molar-refractivity contribution in [1.29, 1.82) is 0 Å². The van der Waals surface area contributed by atoms with Crippen molar-refractivity contribution < 1.29 is 4.74 Å². The van der Waals surface area contributed by atoms with Crippen LogP contribution >= 0.6 is 23.2 Å². The van der Waals surface area contributed by atoms with E-state index in [0.29, 0.717) is 0 Å². The van der Waals surface area contributed by atoms with Crippen LogP contribution in [0.25, 0.3) is 0 Å². The Morgan fingerprint density at radius 3 is 1.68 bits per heavy atom. The van der Waals surface area contributed by atoms with E-state index in [2.05, 4.69) is 0 Å². The van der Waals surface area contributed by atoms with Gasteiger partial charge < -0.3 is 4.74 Å².